The van der Waals surface area contributed by atoms with Crippen LogP contribution < -0.4 is 5.32 Å². The van der Waals surface area contributed by atoms with Crippen LogP contribution in [0, 0.1) is 0 Å². The van der Waals surface area contributed by atoms with E-state index in [1.165, 1.54) is 12.1 Å². The van der Waals surface area contributed by atoms with E-state index in [0.717, 1.165) is 17.8 Å². The number of nitrogens with one attached hydrogen (secondary N) is 1. The summed E-state index contributed by atoms with van der Waals surface area (Å²) in [5.74, 6) is -0.403. The molecule has 1 aromatic carbocycles. The number of carbonyl (C=O) groups is 1. The number of benzene rings is 1. The highest BCUT2D eigenvalue weighted by Gasteiger charge is 2.30. The van der Waals surface area contributed by atoms with Crippen LogP contribution in [0.3, 0.4) is 0 Å². The lowest BCUT2D eigenvalue weighted by Gasteiger charge is -2.08. The van der Waals surface area contributed by atoms with Gasteiger partial charge in [0.25, 0.3) is 5.91 Å². The molecule has 1 N–H and O–H groups in total. The molecule has 110 valence electrons. The molecule has 0 fully saturated rings. The van der Waals surface area contributed by atoms with E-state index < -0.39 is 17.6 Å². The highest BCUT2D eigenvalue weighted by Crippen LogP contribution is 2.28. The molecule has 0 aliphatic heterocycles. The average molecular weight is 294 g/mol. The molecule has 1 amide bonds. The molecule has 0 radical (unpaired) electrons. The summed E-state index contributed by atoms with van der Waals surface area (Å²) >= 11 is 0. The maximum atomic E-state index is 12.4. The first kappa shape index (κ1) is 15.0. The van der Waals surface area contributed by atoms with Crippen LogP contribution >= 0.6 is 0 Å². The van der Waals surface area contributed by atoms with Gasteiger partial charge in [0.2, 0.25) is 0 Å². The standard InChI is InChI=1S/C15H13F3N2O/c16-15(17,18)12-6-4-11(5-7-12)14(21)20-10-8-13-3-1-2-9-19-13/h1-7,9H,8,10H2,(H,20,21). The highest BCUT2D eigenvalue weighted by atomic mass is 19.4. The first-order valence-corrected chi connectivity index (χ1v) is 6.32. The lowest BCUT2D eigenvalue weighted by Crippen LogP contribution is -2.26. The molecule has 3 nitrogen and oxygen atoms in total. The van der Waals surface area contributed by atoms with Gasteiger partial charge in [0.1, 0.15) is 0 Å². The molecular formula is C15H13F3N2O. The number of rotatable bonds is 4. The van der Waals surface area contributed by atoms with E-state index in [2.05, 4.69) is 10.3 Å². The molecule has 0 saturated heterocycles. The number of aromatic nitrogens is 1. The van der Waals surface area contributed by atoms with E-state index in [1.54, 1.807) is 12.3 Å². The third kappa shape index (κ3) is 4.30. The van der Waals surface area contributed by atoms with Crippen molar-refractivity contribution in [2.24, 2.45) is 0 Å². The Bertz CT molecular complexity index is 595. The van der Waals surface area contributed by atoms with E-state index in [0.29, 0.717) is 13.0 Å². The fourth-order valence-corrected chi connectivity index (χ4v) is 1.76. The smallest absolute Gasteiger partial charge is 0.352 e. The predicted octanol–water partition coefficient (Wildman–Crippen LogP) is 3.07. The Kier molecular flexibility index (Phi) is 4.57. The summed E-state index contributed by atoms with van der Waals surface area (Å²) in [6.45, 7) is 0.372. The minimum Gasteiger partial charge on any atom is -0.352 e. The first-order chi connectivity index (χ1) is 9.97. The number of hydrogen-bond acceptors (Lipinski definition) is 2. The molecule has 0 bridgehead atoms. The zero-order valence-corrected chi connectivity index (χ0v) is 11.0. The summed E-state index contributed by atoms with van der Waals surface area (Å²) in [6, 6.07) is 9.60. The largest absolute Gasteiger partial charge is 0.416 e. The van der Waals surface area contributed by atoms with Crippen molar-refractivity contribution in [3.63, 3.8) is 0 Å². The monoisotopic (exact) mass is 294 g/mol. The Balaban J connectivity index is 1.89. The van der Waals surface area contributed by atoms with Crippen molar-refractivity contribution in [1.82, 2.24) is 10.3 Å². The SMILES string of the molecule is O=C(NCCc1ccccn1)c1ccc(C(F)(F)F)cc1. The summed E-state index contributed by atoms with van der Waals surface area (Å²) in [6.07, 6.45) is -2.17. The predicted molar refractivity (Wildman–Crippen MR) is 71.7 cm³/mol. The molecule has 2 aromatic rings. The molecule has 6 heteroatoms. The van der Waals surface area contributed by atoms with Crippen LogP contribution in [0.5, 0.6) is 0 Å². The molecule has 0 saturated carbocycles. The molecule has 1 heterocycles. The Morgan fingerprint density at radius 3 is 2.38 bits per heavy atom. The van der Waals surface area contributed by atoms with Crippen LogP contribution in [-0.4, -0.2) is 17.4 Å². The number of carbonyl (C=O) groups excluding carboxylic acids is 1. The molecule has 0 spiro atoms. The number of alkyl halides is 3. The zero-order chi connectivity index (χ0) is 15.3. The molecule has 2 rings (SSSR count). The number of nitrogens with zero attached hydrogens (tertiary/aromatic N) is 1. The molecular weight excluding hydrogens is 281 g/mol. The molecule has 21 heavy (non-hydrogen) atoms. The van der Waals surface area contributed by atoms with E-state index in [-0.39, 0.29) is 5.56 Å². The summed E-state index contributed by atoms with van der Waals surface area (Å²) in [5.41, 5.74) is 0.266. The van der Waals surface area contributed by atoms with Crippen molar-refractivity contribution >= 4 is 5.91 Å². The summed E-state index contributed by atoms with van der Waals surface area (Å²) in [7, 11) is 0. The van der Waals surface area contributed by atoms with Crippen molar-refractivity contribution in [3.8, 4) is 0 Å². The van der Waals surface area contributed by atoms with Crippen molar-refractivity contribution in [2.75, 3.05) is 6.54 Å². The van der Waals surface area contributed by atoms with Crippen LogP contribution in [0.1, 0.15) is 21.6 Å². The number of amides is 1. The van der Waals surface area contributed by atoms with Gasteiger partial charge in [0, 0.05) is 30.4 Å². The lowest BCUT2D eigenvalue weighted by atomic mass is 10.1. The second kappa shape index (κ2) is 6.39. The fourth-order valence-electron chi connectivity index (χ4n) is 1.76. The summed E-state index contributed by atoms with van der Waals surface area (Å²) in [5, 5.41) is 2.65. The Labute approximate surface area is 119 Å². The highest BCUT2D eigenvalue weighted by molar-refractivity contribution is 5.94. The van der Waals surface area contributed by atoms with Crippen LogP contribution in [0.4, 0.5) is 13.2 Å². The van der Waals surface area contributed by atoms with Crippen molar-refractivity contribution < 1.29 is 18.0 Å². The number of hydrogen-bond donors (Lipinski definition) is 1. The zero-order valence-electron chi connectivity index (χ0n) is 11.0. The molecule has 0 aliphatic carbocycles. The van der Waals surface area contributed by atoms with Gasteiger partial charge in [-0.05, 0) is 36.4 Å². The van der Waals surface area contributed by atoms with Gasteiger partial charge < -0.3 is 5.32 Å². The minimum absolute atomic E-state index is 0.198. The normalized spacial score (nSPS) is 11.2. The minimum atomic E-state index is -4.39. The van der Waals surface area contributed by atoms with E-state index >= 15 is 0 Å². The maximum Gasteiger partial charge on any atom is 0.416 e. The number of halogens is 3. The van der Waals surface area contributed by atoms with Crippen LogP contribution in [0.25, 0.3) is 0 Å². The van der Waals surface area contributed by atoms with Crippen LogP contribution in [0.2, 0.25) is 0 Å². The fraction of sp³-hybridized carbons (Fsp3) is 0.200. The molecule has 0 aliphatic rings. The van der Waals surface area contributed by atoms with E-state index in [1.807, 2.05) is 12.1 Å². The van der Waals surface area contributed by atoms with Gasteiger partial charge in [-0.15, -0.1) is 0 Å². The Hall–Kier alpha value is -2.37. The van der Waals surface area contributed by atoms with Crippen LogP contribution in [-0.2, 0) is 12.6 Å². The molecule has 1 aromatic heterocycles. The quantitative estimate of drug-likeness (QED) is 0.941. The van der Waals surface area contributed by atoms with Gasteiger partial charge in [0.15, 0.2) is 0 Å². The van der Waals surface area contributed by atoms with Gasteiger partial charge >= 0.3 is 6.18 Å². The first-order valence-electron chi connectivity index (χ1n) is 6.32. The maximum absolute atomic E-state index is 12.4. The third-order valence-corrected chi connectivity index (χ3v) is 2.87. The number of pyridine rings is 1. The van der Waals surface area contributed by atoms with Crippen LogP contribution in [0.15, 0.2) is 48.7 Å². The van der Waals surface area contributed by atoms with Crippen molar-refractivity contribution in [1.29, 1.82) is 0 Å². The third-order valence-electron chi connectivity index (χ3n) is 2.87. The summed E-state index contributed by atoms with van der Waals surface area (Å²) in [4.78, 5) is 15.9. The van der Waals surface area contributed by atoms with Crippen molar-refractivity contribution in [3.05, 3.63) is 65.5 Å². The topological polar surface area (TPSA) is 42.0 Å². The summed E-state index contributed by atoms with van der Waals surface area (Å²) < 4.78 is 37.2. The second-order valence-electron chi connectivity index (χ2n) is 4.40. The lowest BCUT2D eigenvalue weighted by molar-refractivity contribution is -0.137. The molecule has 0 atom stereocenters. The van der Waals surface area contributed by atoms with Gasteiger partial charge in [-0.1, -0.05) is 6.07 Å². The van der Waals surface area contributed by atoms with Gasteiger partial charge in [-0.25, -0.2) is 0 Å². The van der Waals surface area contributed by atoms with Gasteiger partial charge in [0.05, 0.1) is 5.56 Å². The second-order valence-corrected chi connectivity index (χ2v) is 4.40. The van der Waals surface area contributed by atoms with Gasteiger partial charge in [-0.2, -0.15) is 13.2 Å². The van der Waals surface area contributed by atoms with Gasteiger partial charge in [-0.3, -0.25) is 9.78 Å². The Morgan fingerprint density at radius 1 is 1.10 bits per heavy atom. The Morgan fingerprint density at radius 2 is 1.81 bits per heavy atom. The van der Waals surface area contributed by atoms with Crippen molar-refractivity contribution in [2.45, 2.75) is 12.6 Å². The average Bonchev–Trinajstić information content (AvgIpc) is 2.47. The van der Waals surface area contributed by atoms with E-state index in [9.17, 15) is 18.0 Å². The molecule has 0 unspecified atom stereocenters. The van der Waals surface area contributed by atoms with E-state index in [4.69, 9.17) is 0 Å².